The molecule has 1 nitrogen and oxygen atoms in total. The fourth-order valence-corrected chi connectivity index (χ4v) is 2.45. The third-order valence-electron chi connectivity index (χ3n) is 2.19. The lowest BCUT2D eigenvalue weighted by Crippen LogP contribution is -2.12. The molecule has 0 aliphatic rings. The smallest absolute Gasteiger partial charge is 0.127 e. The normalized spacial score (nSPS) is 10.6. The molecule has 0 aliphatic heterocycles. The predicted molar refractivity (Wildman–Crippen MR) is 66.3 cm³/mol. The number of hydrogen-bond acceptors (Lipinski definition) is 2. The van der Waals surface area contributed by atoms with Crippen molar-refractivity contribution in [2.75, 3.05) is 0 Å². The van der Waals surface area contributed by atoms with Crippen LogP contribution in [0.1, 0.15) is 10.4 Å². The monoisotopic (exact) mass is 255 g/mol. The van der Waals surface area contributed by atoms with Gasteiger partial charge >= 0.3 is 0 Å². The maximum Gasteiger partial charge on any atom is 0.127 e. The van der Waals surface area contributed by atoms with Gasteiger partial charge in [-0.15, -0.1) is 11.3 Å². The second-order valence-corrected chi connectivity index (χ2v) is 4.86. The molecule has 0 atom stereocenters. The Kier molecular flexibility index (Phi) is 3.93. The van der Waals surface area contributed by atoms with Crippen molar-refractivity contribution in [3.05, 3.63) is 57.0 Å². The van der Waals surface area contributed by atoms with Crippen LogP contribution in [0.15, 0.2) is 35.7 Å². The first-order valence-electron chi connectivity index (χ1n) is 4.93. The molecule has 1 aromatic carbocycles. The highest BCUT2D eigenvalue weighted by atomic mass is 35.5. The standard InChI is InChI=1S/C12H11ClFNS/c13-10-5-11(16-8-10)7-15-6-9-3-1-2-4-12(9)14/h1-5,8,15H,6-7H2. The fraction of sp³-hybridized carbons (Fsp3) is 0.167. The van der Waals surface area contributed by atoms with Crippen LogP contribution in [-0.4, -0.2) is 0 Å². The molecule has 84 valence electrons. The molecule has 0 aliphatic carbocycles. The molecule has 0 saturated heterocycles. The molecule has 0 unspecified atom stereocenters. The molecular formula is C12H11ClFNS. The number of rotatable bonds is 4. The van der Waals surface area contributed by atoms with Crippen molar-refractivity contribution in [3.63, 3.8) is 0 Å². The average molecular weight is 256 g/mol. The van der Waals surface area contributed by atoms with Crippen LogP contribution in [0.2, 0.25) is 5.02 Å². The van der Waals surface area contributed by atoms with E-state index in [1.807, 2.05) is 17.5 Å². The van der Waals surface area contributed by atoms with Crippen LogP contribution >= 0.6 is 22.9 Å². The molecule has 0 bridgehead atoms. The van der Waals surface area contributed by atoms with Gasteiger partial charge in [0.15, 0.2) is 0 Å². The number of nitrogens with one attached hydrogen (secondary N) is 1. The van der Waals surface area contributed by atoms with Crippen LogP contribution < -0.4 is 5.32 Å². The summed E-state index contributed by atoms with van der Waals surface area (Å²) in [6.45, 7) is 1.24. The van der Waals surface area contributed by atoms with E-state index in [1.54, 1.807) is 23.5 Å². The Hall–Kier alpha value is -0.900. The summed E-state index contributed by atoms with van der Waals surface area (Å²) in [6.07, 6.45) is 0. The summed E-state index contributed by atoms with van der Waals surface area (Å²) in [5.41, 5.74) is 0.685. The van der Waals surface area contributed by atoms with E-state index >= 15 is 0 Å². The molecule has 2 aromatic rings. The second kappa shape index (κ2) is 5.43. The summed E-state index contributed by atoms with van der Waals surface area (Å²) < 4.78 is 13.3. The Labute approximate surface area is 103 Å². The molecular weight excluding hydrogens is 245 g/mol. The van der Waals surface area contributed by atoms with E-state index in [2.05, 4.69) is 5.32 Å². The van der Waals surface area contributed by atoms with Crippen molar-refractivity contribution in [1.29, 1.82) is 0 Å². The van der Waals surface area contributed by atoms with Gasteiger partial charge in [0, 0.05) is 28.9 Å². The van der Waals surface area contributed by atoms with E-state index in [9.17, 15) is 4.39 Å². The zero-order chi connectivity index (χ0) is 11.4. The van der Waals surface area contributed by atoms with Gasteiger partial charge in [0.2, 0.25) is 0 Å². The lowest BCUT2D eigenvalue weighted by Gasteiger charge is -2.04. The summed E-state index contributed by atoms with van der Waals surface area (Å²) in [4.78, 5) is 1.15. The van der Waals surface area contributed by atoms with Gasteiger partial charge in [0.25, 0.3) is 0 Å². The summed E-state index contributed by atoms with van der Waals surface area (Å²) in [7, 11) is 0. The van der Waals surface area contributed by atoms with Gasteiger partial charge in [0.1, 0.15) is 5.82 Å². The van der Waals surface area contributed by atoms with E-state index in [0.29, 0.717) is 18.7 Å². The molecule has 1 heterocycles. The quantitative estimate of drug-likeness (QED) is 0.876. The maximum atomic E-state index is 13.3. The first-order valence-corrected chi connectivity index (χ1v) is 6.18. The Morgan fingerprint density at radius 1 is 1.25 bits per heavy atom. The largest absolute Gasteiger partial charge is 0.308 e. The van der Waals surface area contributed by atoms with Crippen LogP contribution in [0.4, 0.5) is 4.39 Å². The Balaban J connectivity index is 1.87. The van der Waals surface area contributed by atoms with Gasteiger partial charge in [-0.05, 0) is 12.1 Å². The van der Waals surface area contributed by atoms with Gasteiger partial charge < -0.3 is 5.32 Å². The van der Waals surface area contributed by atoms with Crippen LogP contribution in [0, 0.1) is 5.82 Å². The van der Waals surface area contributed by atoms with Gasteiger partial charge in [0.05, 0.1) is 5.02 Å². The van der Waals surface area contributed by atoms with Crippen molar-refractivity contribution >= 4 is 22.9 Å². The summed E-state index contributed by atoms with van der Waals surface area (Å²) in [6, 6.07) is 8.70. The van der Waals surface area contributed by atoms with Crippen molar-refractivity contribution < 1.29 is 4.39 Å². The number of thiophene rings is 1. The maximum absolute atomic E-state index is 13.3. The van der Waals surface area contributed by atoms with E-state index in [4.69, 9.17) is 11.6 Å². The second-order valence-electron chi connectivity index (χ2n) is 3.43. The van der Waals surface area contributed by atoms with Crippen LogP contribution in [0.3, 0.4) is 0 Å². The minimum Gasteiger partial charge on any atom is -0.308 e. The van der Waals surface area contributed by atoms with Gasteiger partial charge in [-0.3, -0.25) is 0 Å². The van der Waals surface area contributed by atoms with Gasteiger partial charge in [-0.2, -0.15) is 0 Å². The zero-order valence-electron chi connectivity index (χ0n) is 8.54. The Morgan fingerprint density at radius 2 is 2.06 bits per heavy atom. The topological polar surface area (TPSA) is 12.0 Å². The number of hydrogen-bond donors (Lipinski definition) is 1. The molecule has 0 spiro atoms. The molecule has 16 heavy (non-hydrogen) atoms. The molecule has 4 heteroatoms. The third kappa shape index (κ3) is 3.04. The Bertz CT molecular complexity index is 470. The van der Waals surface area contributed by atoms with Crippen molar-refractivity contribution in [2.24, 2.45) is 0 Å². The lowest BCUT2D eigenvalue weighted by molar-refractivity contribution is 0.589. The molecule has 0 fully saturated rings. The van der Waals surface area contributed by atoms with E-state index < -0.39 is 0 Å². The van der Waals surface area contributed by atoms with Crippen LogP contribution in [0.5, 0.6) is 0 Å². The van der Waals surface area contributed by atoms with Crippen molar-refractivity contribution in [2.45, 2.75) is 13.1 Å². The SMILES string of the molecule is Fc1ccccc1CNCc1cc(Cl)cs1. The molecule has 1 aromatic heterocycles. The summed E-state index contributed by atoms with van der Waals surface area (Å²) >= 11 is 7.40. The molecule has 0 radical (unpaired) electrons. The number of benzene rings is 1. The molecule has 1 N–H and O–H groups in total. The van der Waals surface area contributed by atoms with E-state index in [1.165, 1.54) is 6.07 Å². The first kappa shape index (κ1) is 11.6. The summed E-state index contributed by atoms with van der Waals surface area (Å²) in [5.74, 6) is -0.167. The average Bonchev–Trinajstić information content (AvgIpc) is 2.67. The first-order chi connectivity index (χ1) is 7.75. The molecule has 2 rings (SSSR count). The highest BCUT2D eigenvalue weighted by Crippen LogP contribution is 2.18. The fourth-order valence-electron chi connectivity index (χ4n) is 1.41. The lowest BCUT2D eigenvalue weighted by atomic mass is 10.2. The van der Waals surface area contributed by atoms with E-state index in [0.717, 1.165) is 9.90 Å². The third-order valence-corrected chi connectivity index (χ3v) is 3.48. The highest BCUT2D eigenvalue weighted by molar-refractivity contribution is 7.10. The minimum absolute atomic E-state index is 0.167. The predicted octanol–water partition coefficient (Wildman–Crippen LogP) is 3.83. The minimum atomic E-state index is -0.167. The van der Waals surface area contributed by atoms with Gasteiger partial charge in [-0.1, -0.05) is 29.8 Å². The van der Waals surface area contributed by atoms with Crippen molar-refractivity contribution in [3.8, 4) is 0 Å². The summed E-state index contributed by atoms with van der Waals surface area (Å²) in [5, 5.41) is 5.83. The van der Waals surface area contributed by atoms with Crippen LogP contribution in [0.25, 0.3) is 0 Å². The van der Waals surface area contributed by atoms with E-state index in [-0.39, 0.29) is 5.82 Å². The Morgan fingerprint density at radius 3 is 2.75 bits per heavy atom. The highest BCUT2D eigenvalue weighted by Gasteiger charge is 2.01. The molecule has 0 saturated carbocycles. The zero-order valence-corrected chi connectivity index (χ0v) is 10.1. The van der Waals surface area contributed by atoms with Crippen LogP contribution in [-0.2, 0) is 13.1 Å². The van der Waals surface area contributed by atoms with Gasteiger partial charge in [-0.25, -0.2) is 4.39 Å². The number of halogens is 2. The van der Waals surface area contributed by atoms with Crippen molar-refractivity contribution in [1.82, 2.24) is 5.32 Å². The molecule has 0 amide bonds.